The van der Waals surface area contributed by atoms with Crippen molar-refractivity contribution in [3.63, 3.8) is 0 Å². The second-order valence-corrected chi connectivity index (χ2v) is 6.28. The summed E-state index contributed by atoms with van der Waals surface area (Å²) >= 11 is 0. The first-order valence-electron chi connectivity index (χ1n) is 8.75. The highest BCUT2D eigenvalue weighted by Crippen LogP contribution is 2.19. The van der Waals surface area contributed by atoms with E-state index in [2.05, 4.69) is 5.32 Å². The number of ether oxygens (including phenoxy) is 2. The smallest absolute Gasteiger partial charge is 0.348 e. The fourth-order valence-corrected chi connectivity index (χ4v) is 2.76. The van der Waals surface area contributed by atoms with Crippen molar-refractivity contribution in [3.05, 3.63) is 65.2 Å². The molecule has 6 heteroatoms. The molecule has 0 radical (unpaired) electrons. The van der Waals surface area contributed by atoms with Crippen molar-refractivity contribution in [3.8, 4) is 5.75 Å². The topological polar surface area (TPSA) is 84.9 Å². The number of amides is 1. The summed E-state index contributed by atoms with van der Waals surface area (Å²) in [6, 6.07) is 14.4. The number of esters is 1. The lowest BCUT2D eigenvalue weighted by Crippen LogP contribution is -2.55. The minimum Gasteiger partial charge on any atom is -0.497 e. The first kappa shape index (κ1) is 20.5. The molecular weight excluding hydrogens is 346 g/mol. The van der Waals surface area contributed by atoms with Gasteiger partial charge in [-0.3, -0.25) is 4.79 Å². The molecule has 0 unspecified atom stereocenters. The highest BCUT2D eigenvalue weighted by Gasteiger charge is 2.45. The number of methoxy groups -OCH3 is 1. The standard InChI is InChI=1S/C21H25NO5/c1-4-27-20(24)21(25,13-16-8-6-5-7-9-16)19(23)22-14-17-10-15(2)11-18(12-17)26-3/h5-12,25H,4,13-14H2,1-3H3,(H,22,23)/t21-/m1/s1. The van der Waals surface area contributed by atoms with Gasteiger partial charge in [-0.15, -0.1) is 0 Å². The van der Waals surface area contributed by atoms with Gasteiger partial charge in [-0.1, -0.05) is 36.4 Å². The molecule has 0 spiro atoms. The number of hydrogen-bond donors (Lipinski definition) is 2. The quantitative estimate of drug-likeness (QED) is 0.549. The lowest BCUT2D eigenvalue weighted by atomic mass is 9.93. The van der Waals surface area contributed by atoms with Crippen LogP contribution in [0.15, 0.2) is 48.5 Å². The van der Waals surface area contributed by atoms with E-state index >= 15 is 0 Å². The highest BCUT2D eigenvalue weighted by molar-refractivity contribution is 6.06. The van der Waals surface area contributed by atoms with Crippen LogP contribution in [0.25, 0.3) is 0 Å². The van der Waals surface area contributed by atoms with E-state index in [4.69, 9.17) is 9.47 Å². The third-order valence-corrected chi connectivity index (χ3v) is 4.09. The molecule has 0 saturated carbocycles. The van der Waals surface area contributed by atoms with Crippen molar-refractivity contribution < 1.29 is 24.2 Å². The van der Waals surface area contributed by atoms with Gasteiger partial charge < -0.3 is 19.9 Å². The normalized spacial score (nSPS) is 12.7. The predicted molar refractivity (Wildman–Crippen MR) is 101 cm³/mol. The Morgan fingerprint density at radius 1 is 1.11 bits per heavy atom. The Morgan fingerprint density at radius 2 is 1.81 bits per heavy atom. The Balaban J connectivity index is 2.18. The van der Waals surface area contributed by atoms with Gasteiger partial charge in [-0.25, -0.2) is 4.79 Å². The third-order valence-electron chi connectivity index (χ3n) is 4.09. The van der Waals surface area contributed by atoms with Crippen LogP contribution < -0.4 is 10.1 Å². The van der Waals surface area contributed by atoms with E-state index in [1.54, 1.807) is 44.4 Å². The average molecular weight is 371 g/mol. The Kier molecular flexibility index (Phi) is 6.96. The maximum absolute atomic E-state index is 12.7. The SMILES string of the molecule is CCOC(=O)[C@@](O)(Cc1ccccc1)C(=O)NCc1cc(C)cc(OC)c1. The van der Waals surface area contributed by atoms with Crippen LogP contribution in [-0.2, 0) is 27.3 Å². The van der Waals surface area contributed by atoms with Gasteiger partial charge in [0.05, 0.1) is 13.7 Å². The summed E-state index contributed by atoms with van der Waals surface area (Å²) in [5, 5.41) is 13.5. The first-order chi connectivity index (χ1) is 12.9. The van der Waals surface area contributed by atoms with Crippen LogP contribution in [0, 0.1) is 6.92 Å². The zero-order valence-corrected chi connectivity index (χ0v) is 15.8. The number of nitrogens with one attached hydrogen (secondary N) is 1. The maximum Gasteiger partial charge on any atom is 0.348 e. The van der Waals surface area contributed by atoms with E-state index in [-0.39, 0.29) is 19.6 Å². The van der Waals surface area contributed by atoms with Crippen LogP contribution in [-0.4, -0.2) is 36.3 Å². The molecule has 2 aromatic carbocycles. The fraction of sp³-hybridized carbons (Fsp3) is 0.333. The van der Waals surface area contributed by atoms with E-state index in [9.17, 15) is 14.7 Å². The van der Waals surface area contributed by atoms with Gasteiger partial charge in [-0.2, -0.15) is 0 Å². The fourth-order valence-electron chi connectivity index (χ4n) is 2.76. The molecule has 2 rings (SSSR count). The summed E-state index contributed by atoms with van der Waals surface area (Å²) in [5.41, 5.74) is 0.126. The van der Waals surface area contributed by atoms with Crippen LogP contribution >= 0.6 is 0 Å². The minimum atomic E-state index is -2.30. The molecule has 0 saturated heterocycles. The number of carbonyl (C=O) groups excluding carboxylic acids is 2. The zero-order valence-electron chi connectivity index (χ0n) is 15.8. The number of hydrogen-bond acceptors (Lipinski definition) is 5. The van der Waals surface area contributed by atoms with Crippen molar-refractivity contribution in [1.29, 1.82) is 0 Å². The van der Waals surface area contributed by atoms with Crippen molar-refractivity contribution in [2.45, 2.75) is 32.4 Å². The second-order valence-electron chi connectivity index (χ2n) is 6.28. The molecule has 0 aliphatic carbocycles. The lowest BCUT2D eigenvalue weighted by Gasteiger charge is -2.25. The lowest BCUT2D eigenvalue weighted by molar-refractivity contribution is -0.171. The zero-order chi connectivity index (χ0) is 19.9. The number of aliphatic hydroxyl groups is 1. The summed E-state index contributed by atoms with van der Waals surface area (Å²) in [4.78, 5) is 25.0. The van der Waals surface area contributed by atoms with Gasteiger partial charge in [0, 0.05) is 13.0 Å². The van der Waals surface area contributed by atoms with Crippen molar-refractivity contribution in [2.24, 2.45) is 0 Å². The monoisotopic (exact) mass is 371 g/mol. The third kappa shape index (κ3) is 5.31. The molecule has 0 bridgehead atoms. The van der Waals surface area contributed by atoms with E-state index in [0.717, 1.165) is 11.1 Å². The predicted octanol–water partition coefficient (Wildman–Crippen LogP) is 2.16. The molecule has 1 atom stereocenters. The molecule has 0 aromatic heterocycles. The van der Waals surface area contributed by atoms with Crippen molar-refractivity contribution in [2.75, 3.05) is 13.7 Å². The van der Waals surface area contributed by atoms with Gasteiger partial charge in [0.25, 0.3) is 5.91 Å². The van der Waals surface area contributed by atoms with Crippen LogP contribution in [0.4, 0.5) is 0 Å². The molecule has 2 N–H and O–H groups in total. The second kappa shape index (κ2) is 9.19. The first-order valence-corrected chi connectivity index (χ1v) is 8.75. The number of carbonyl (C=O) groups is 2. The van der Waals surface area contributed by atoms with Gasteiger partial charge in [0.1, 0.15) is 5.75 Å². The van der Waals surface area contributed by atoms with Crippen LogP contribution in [0.5, 0.6) is 5.75 Å². The molecule has 0 heterocycles. The van der Waals surface area contributed by atoms with Gasteiger partial charge in [0.15, 0.2) is 0 Å². The molecule has 144 valence electrons. The van der Waals surface area contributed by atoms with Gasteiger partial charge in [-0.05, 0) is 42.7 Å². The van der Waals surface area contributed by atoms with Crippen LogP contribution in [0.2, 0.25) is 0 Å². The number of aryl methyl sites for hydroxylation is 1. The highest BCUT2D eigenvalue weighted by atomic mass is 16.5. The van der Waals surface area contributed by atoms with Crippen molar-refractivity contribution >= 4 is 11.9 Å². The van der Waals surface area contributed by atoms with E-state index in [0.29, 0.717) is 11.3 Å². The summed E-state index contributed by atoms with van der Waals surface area (Å²) in [6.07, 6.45) is -0.171. The number of benzene rings is 2. The largest absolute Gasteiger partial charge is 0.497 e. The molecule has 0 aliphatic rings. The van der Waals surface area contributed by atoms with Gasteiger partial charge >= 0.3 is 5.97 Å². The average Bonchev–Trinajstić information content (AvgIpc) is 2.66. The summed E-state index contributed by atoms with van der Waals surface area (Å²) in [6.45, 7) is 3.75. The van der Waals surface area contributed by atoms with Crippen molar-refractivity contribution in [1.82, 2.24) is 5.32 Å². The molecular formula is C21H25NO5. The molecule has 6 nitrogen and oxygen atoms in total. The summed E-state index contributed by atoms with van der Waals surface area (Å²) in [5.74, 6) is -1.09. The molecule has 1 amide bonds. The van der Waals surface area contributed by atoms with Crippen LogP contribution in [0.3, 0.4) is 0 Å². The van der Waals surface area contributed by atoms with Gasteiger partial charge in [0.2, 0.25) is 5.60 Å². The molecule has 2 aromatic rings. The van der Waals surface area contributed by atoms with Crippen LogP contribution in [0.1, 0.15) is 23.6 Å². The van der Waals surface area contributed by atoms with E-state index in [1.165, 1.54) is 0 Å². The Hall–Kier alpha value is -2.86. The Labute approximate surface area is 159 Å². The molecule has 0 aliphatic heterocycles. The maximum atomic E-state index is 12.7. The molecule has 0 fully saturated rings. The summed E-state index contributed by atoms with van der Waals surface area (Å²) in [7, 11) is 1.57. The molecule has 27 heavy (non-hydrogen) atoms. The Morgan fingerprint density at radius 3 is 2.44 bits per heavy atom. The minimum absolute atomic E-state index is 0.0677. The van der Waals surface area contributed by atoms with E-state index in [1.807, 2.05) is 25.1 Å². The van der Waals surface area contributed by atoms with E-state index < -0.39 is 17.5 Å². The number of rotatable bonds is 8. The Bertz CT molecular complexity index is 790. The summed E-state index contributed by atoms with van der Waals surface area (Å²) < 4.78 is 10.2.